The molecule has 0 aliphatic rings. The molecule has 2 aromatic heterocycles. The minimum Gasteiger partial charge on any atom is -0.461 e. The molecule has 24 heavy (non-hydrogen) atoms. The fraction of sp³-hybridized carbons (Fsp3) is 0.188. The molecule has 1 amide bonds. The van der Waals surface area contributed by atoms with Crippen LogP contribution < -0.4 is 11.2 Å². The third kappa shape index (κ3) is 3.96. The van der Waals surface area contributed by atoms with E-state index in [1.807, 2.05) is 30.3 Å². The number of amides is 1. The lowest BCUT2D eigenvalue weighted by atomic mass is 10.1. The molecular weight excluding hydrogens is 326 g/mol. The summed E-state index contributed by atoms with van der Waals surface area (Å²) in [6, 6.07) is 13.5. The molecule has 0 spiro atoms. The number of nitrogens with one attached hydrogen (secondary N) is 1. The molecule has 0 unspecified atom stereocenters. The summed E-state index contributed by atoms with van der Waals surface area (Å²) in [5, 5.41) is 11.3. The van der Waals surface area contributed by atoms with Gasteiger partial charge in [0.1, 0.15) is 0 Å². The average molecular weight is 343 g/mol. The van der Waals surface area contributed by atoms with Crippen LogP contribution in [0.5, 0.6) is 0 Å². The van der Waals surface area contributed by atoms with Crippen molar-refractivity contribution in [2.24, 2.45) is 0 Å². The van der Waals surface area contributed by atoms with Crippen LogP contribution in [0.3, 0.4) is 0 Å². The lowest BCUT2D eigenvalue weighted by Gasteiger charge is -2.05. The van der Waals surface area contributed by atoms with Gasteiger partial charge >= 0.3 is 0 Å². The van der Waals surface area contributed by atoms with Crippen molar-refractivity contribution in [3.8, 4) is 11.6 Å². The van der Waals surface area contributed by atoms with E-state index in [9.17, 15) is 4.79 Å². The number of benzene rings is 1. The van der Waals surface area contributed by atoms with E-state index in [0.29, 0.717) is 23.3 Å². The standard InChI is InChI=1S/C16H17N5O2S/c17-21-15(13-7-4-10-23-13)19-20-16(21)24-11-14(22)18-9-8-12-5-2-1-3-6-12/h1-7,10H,8-9,11,17H2,(H,18,22). The van der Waals surface area contributed by atoms with Gasteiger partial charge in [-0.05, 0) is 24.1 Å². The monoisotopic (exact) mass is 343 g/mol. The second-order valence-corrected chi connectivity index (χ2v) is 5.97. The van der Waals surface area contributed by atoms with Gasteiger partial charge in [0, 0.05) is 6.54 Å². The summed E-state index contributed by atoms with van der Waals surface area (Å²) in [5.41, 5.74) is 1.19. The SMILES string of the molecule is Nn1c(SCC(=O)NCCc2ccccc2)nnc1-c1ccco1. The quantitative estimate of drug-likeness (QED) is 0.500. The Morgan fingerprint density at radius 3 is 2.79 bits per heavy atom. The molecule has 0 aliphatic heterocycles. The Bertz CT molecular complexity index is 786. The van der Waals surface area contributed by atoms with Crippen molar-refractivity contribution in [1.82, 2.24) is 20.2 Å². The predicted molar refractivity (Wildman–Crippen MR) is 91.8 cm³/mol. The third-order valence-corrected chi connectivity index (χ3v) is 4.26. The van der Waals surface area contributed by atoms with Crippen molar-refractivity contribution in [1.29, 1.82) is 0 Å². The maximum Gasteiger partial charge on any atom is 0.230 e. The maximum absolute atomic E-state index is 11.9. The van der Waals surface area contributed by atoms with Crippen molar-refractivity contribution in [2.45, 2.75) is 11.6 Å². The van der Waals surface area contributed by atoms with Crippen LogP contribution in [0.1, 0.15) is 5.56 Å². The van der Waals surface area contributed by atoms with Gasteiger partial charge in [0.25, 0.3) is 0 Å². The number of hydrogen-bond acceptors (Lipinski definition) is 6. The smallest absolute Gasteiger partial charge is 0.230 e. The van der Waals surface area contributed by atoms with Crippen molar-refractivity contribution in [2.75, 3.05) is 18.1 Å². The van der Waals surface area contributed by atoms with Gasteiger partial charge in [0.2, 0.25) is 16.9 Å². The van der Waals surface area contributed by atoms with Crippen molar-refractivity contribution >= 4 is 17.7 Å². The van der Waals surface area contributed by atoms with Crippen LogP contribution in [0.25, 0.3) is 11.6 Å². The zero-order valence-corrected chi connectivity index (χ0v) is 13.7. The Hall–Kier alpha value is -2.74. The molecule has 0 bridgehead atoms. The van der Waals surface area contributed by atoms with Gasteiger partial charge in [0.15, 0.2) is 5.76 Å². The van der Waals surface area contributed by atoms with Gasteiger partial charge in [-0.1, -0.05) is 42.1 Å². The Morgan fingerprint density at radius 1 is 1.21 bits per heavy atom. The molecule has 0 saturated carbocycles. The number of nitrogens with two attached hydrogens (primary N) is 1. The number of thioether (sulfide) groups is 1. The fourth-order valence-corrected chi connectivity index (χ4v) is 2.81. The first-order chi connectivity index (χ1) is 11.7. The summed E-state index contributed by atoms with van der Waals surface area (Å²) < 4.78 is 6.56. The number of aromatic nitrogens is 3. The van der Waals surface area contributed by atoms with E-state index >= 15 is 0 Å². The zero-order chi connectivity index (χ0) is 16.8. The van der Waals surface area contributed by atoms with E-state index in [4.69, 9.17) is 10.3 Å². The summed E-state index contributed by atoms with van der Waals surface area (Å²) in [6.07, 6.45) is 2.34. The van der Waals surface area contributed by atoms with Crippen molar-refractivity contribution in [3.63, 3.8) is 0 Å². The Morgan fingerprint density at radius 2 is 2.04 bits per heavy atom. The molecule has 1 aromatic carbocycles. The molecule has 2 heterocycles. The molecule has 8 heteroatoms. The van der Waals surface area contributed by atoms with Gasteiger partial charge in [-0.2, -0.15) is 0 Å². The molecule has 0 aliphatic carbocycles. The summed E-state index contributed by atoms with van der Waals surface area (Å²) >= 11 is 1.23. The number of rotatable bonds is 7. The fourth-order valence-electron chi connectivity index (χ4n) is 2.12. The van der Waals surface area contributed by atoms with E-state index in [0.717, 1.165) is 6.42 Å². The molecule has 0 saturated heterocycles. The second-order valence-electron chi connectivity index (χ2n) is 5.03. The summed E-state index contributed by atoms with van der Waals surface area (Å²) in [5.74, 6) is 7.04. The average Bonchev–Trinajstić information content (AvgIpc) is 3.24. The molecule has 7 nitrogen and oxygen atoms in total. The Balaban J connectivity index is 1.46. The first-order valence-electron chi connectivity index (χ1n) is 7.42. The topological polar surface area (TPSA) is 99.0 Å². The number of carbonyl (C=O) groups excluding carboxylic acids is 1. The maximum atomic E-state index is 11.9. The van der Waals surface area contributed by atoms with Gasteiger partial charge in [0.05, 0.1) is 12.0 Å². The summed E-state index contributed by atoms with van der Waals surface area (Å²) in [7, 11) is 0. The highest BCUT2D eigenvalue weighted by atomic mass is 32.2. The number of nitrogen functional groups attached to an aromatic ring is 1. The Labute approximate surface area is 143 Å². The lowest BCUT2D eigenvalue weighted by Crippen LogP contribution is -2.27. The largest absolute Gasteiger partial charge is 0.461 e. The van der Waals surface area contributed by atoms with Crippen LogP contribution >= 0.6 is 11.8 Å². The highest BCUT2D eigenvalue weighted by Gasteiger charge is 2.15. The summed E-state index contributed by atoms with van der Waals surface area (Å²) in [4.78, 5) is 11.9. The lowest BCUT2D eigenvalue weighted by molar-refractivity contribution is -0.118. The van der Waals surface area contributed by atoms with Crippen LogP contribution in [0.15, 0.2) is 58.3 Å². The van der Waals surface area contributed by atoms with E-state index in [-0.39, 0.29) is 11.7 Å². The van der Waals surface area contributed by atoms with Crippen LogP contribution in [0, 0.1) is 0 Å². The van der Waals surface area contributed by atoms with Crippen LogP contribution in [-0.2, 0) is 11.2 Å². The molecule has 0 fully saturated rings. The highest BCUT2D eigenvalue weighted by Crippen LogP contribution is 2.21. The van der Waals surface area contributed by atoms with Crippen molar-refractivity contribution < 1.29 is 9.21 Å². The second kappa shape index (κ2) is 7.69. The number of furan rings is 1. The van der Waals surface area contributed by atoms with E-state index in [2.05, 4.69) is 15.5 Å². The predicted octanol–water partition coefficient (Wildman–Crippen LogP) is 1.70. The minimum absolute atomic E-state index is 0.0709. The molecule has 3 N–H and O–H groups in total. The van der Waals surface area contributed by atoms with Gasteiger partial charge in [-0.15, -0.1) is 10.2 Å². The van der Waals surface area contributed by atoms with Crippen molar-refractivity contribution in [3.05, 3.63) is 54.3 Å². The number of carbonyl (C=O) groups is 1. The van der Waals surface area contributed by atoms with E-state index < -0.39 is 0 Å². The first-order valence-corrected chi connectivity index (χ1v) is 8.40. The molecular formula is C16H17N5O2S. The highest BCUT2D eigenvalue weighted by molar-refractivity contribution is 7.99. The van der Waals surface area contributed by atoms with Crippen LogP contribution in [0.2, 0.25) is 0 Å². The minimum atomic E-state index is -0.0709. The normalized spacial score (nSPS) is 10.7. The third-order valence-electron chi connectivity index (χ3n) is 3.32. The summed E-state index contributed by atoms with van der Waals surface area (Å²) in [6.45, 7) is 0.594. The van der Waals surface area contributed by atoms with Gasteiger partial charge < -0.3 is 15.6 Å². The Kier molecular flexibility index (Phi) is 5.17. The van der Waals surface area contributed by atoms with Crippen LogP contribution in [-0.4, -0.2) is 33.1 Å². The van der Waals surface area contributed by atoms with E-state index in [1.165, 1.54) is 28.3 Å². The molecule has 3 aromatic rings. The molecule has 0 atom stereocenters. The number of nitrogens with zero attached hydrogens (tertiary/aromatic N) is 3. The first kappa shape index (κ1) is 16.1. The van der Waals surface area contributed by atoms with Gasteiger partial charge in [-0.3, -0.25) is 4.79 Å². The molecule has 3 rings (SSSR count). The van der Waals surface area contributed by atoms with E-state index in [1.54, 1.807) is 12.1 Å². The molecule has 0 radical (unpaired) electrons. The van der Waals surface area contributed by atoms with Gasteiger partial charge in [-0.25, -0.2) is 4.68 Å². The number of hydrogen-bond donors (Lipinski definition) is 2. The molecule has 124 valence electrons. The van der Waals surface area contributed by atoms with Crippen LogP contribution in [0.4, 0.5) is 0 Å². The zero-order valence-electron chi connectivity index (χ0n) is 12.9.